The van der Waals surface area contributed by atoms with Crippen LogP contribution in [0.4, 0.5) is 0 Å². The zero-order valence-electron chi connectivity index (χ0n) is 10.3. The quantitative estimate of drug-likeness (QED) is 0.407. The summed E-state index contributed by atoms with van der Waals surface area (Å²) in [6.45, 7) is 4.40. The first-order valence-electron chi connectivity index (χ1n) is 6.05. The Bertz CT molecular complexity index is 338. The molecule has 0 saturated heterocycles. The van der Waals surface area contributed by atoms with Crippen LogP contribution in [0, 0.1) is 11.8 Å². The van der Waals surface area contributed by atoms with Gasteiger partial charge in [-0.25, -0.2) is 0 Å². The van der Waals surface area contributed by atoms with Gasteiger partial charge in [-0.1, -0.05) is 18.7 Å². The normalized spacial score (nSPS) is 22.2. The van der Waals surface area contributed by atoms with Crippen LogP contribution in [-0.4, -0.2) is 30.1 Å². The average molecular weight is 253 g/mol. The fourth-order valence-electron chi connectivity index (χ4n) is 1.96. The van der Waals surface area contributed by atoms with E-state index in [4.69, 9.17) is 9.84 Å². The topological polar surface area (TPSA) is 75.6 Å². The van der Waals surface area contributed by atoms with Gasteiger partial charge in [0.1, 0.15) is 0 Å². The molecule has 0 fully saturated rings. The summed E-state index contributed by atoms with van der Waals surface area (Å²) in [5.41, 5.74) is 0. The van der Waals surface area contributed by atoms with Crippen LogP contribution in [0.3, 0.4) is 0 Å². The van der Waals surface area contributed by atoms with Crippen LogP contribution >= 0.6 is 0 Å². The highest BCUT2D eigenvalue weighted by Gasteiger charge is 2.33. The van der Waals surface area contributed by atoms with E-state index in [1.165, 1.54) is 6.26 Å². The van der Waals surface area contributed by atoms with Gasteiger partial charge in [0, 0.05) is 6.54 Å². The number of carbonyl (C=O) groups excluding carboxylic acids is 1. The second kappa shape index (κ2) is 7.53. The van der Waals surface area contributed by atoms with E-state index < -0.39 is 17.8 Å². The van der Waals surface area contributed by atoms with E-state index in [1.54, 1.807) is 0 Å². The van der Waals surface area contributed by atoms with Crippen molar-refractivity contribution in [1.82, 2.24) is 5.32 Å². The van der Waals surface area contributed by atoms with Crippen molar-refractivity contribution in [1.29, 1.82) is 0 Å². The van der Waals surface area contributed by atoms with Gasteiger partial charge in [-0.2, -0.15) is 0 Å². The van der Waals surface area contributed by atoms with Gasteiger partial charge in [-0.05, 0) is 19.3 Å². The maximum atomic E-state index is 11.9. The Labute approximate surface area is 107 Å². The van der Waals surface area contributed by atoms with Gasteiger partial charge in [0.05, 0.1) is 24.7 Å². The minimum Gasteiger partial charge on any atom is -0.502 e. The number of aliphatic carboxylic acids is 1. The summed E-state index contributed by atoms with van der Waals surface area (Å²) in [7, 11) is 0. The number of allylic oxidation sites excluding steroid dienone is 2. The van der Waals surface area contributed by atoms with Crippen molar-refractivity contribution in [2.24, 2.45) is 11.8 Å². The number of carbonyl (C=O) groups is 2. The van der Waals surface area contributed by atoms with Gasteiger partial charge in [0.25, 0.3) is 0 Å². The third-order valence-electron chi connectivity index (χ3n) is 2.94. The summed E-state index contributed by atoms with van der Waals surface area (Å²) in [5, 5.41) is 11.8. The lowest BCUT2D eigenvalue weighted by Crippen LogP contribution is -2.39. The van der Waals surface area contributed by atoms with E-state index in [0.29, 0.717) is 32.4 Å². The maximum Gasteiger partial charge on any atom is 0.307 e. The van der Waals surface area contributed by atoms with Gasteiger partial charge in [0.15, 0.2) is 0 Å². The number of ether oxygens (including phenoxy) is 1. The molecule has 2 atom stereocenters. The van der Waals surface area contributed by atoms with Crippen LogP contribution in [0.25, 0.3) is 0 Å². The zero-order valence-corrected chi connectivity index (χ0v) is 10.3. The first kappa shape index (κ1) is 14.3. The van der Waals surface area contributed by atoms with Crippen molar-refractivity contribution in [2.75, 3.05) is 13.2 Å². The van der Waals surface area contributed by atoms with Crippen LogP contribution in [-0.2, 0) is 14.3 Å². The molecule has 0 aromatic rings. The molecule has 0 saturated carbocycles. The van der Waals surface area contributed by atoms with Gasteiger partial charge in [0.2, 0.25) is 5.91 Å². The van der Waals surface area contributed by atoms with E-state index in [0.717, 1.165) is 0 Å². The molecule has 1 aliphatic rings. The number of carboxylic acids is 1. The Kier molecular flexibility index (Phi) is 5.97. The molecule has 2 N–H and O–H groups in total. The molecule has 18 heavy (non-hydrogen) atoms. The highest BCUT2D eigenvalue weighted by atomic mass is 16.5. The number of nitrogens with one attached hydrogen (secondary N) is 1. The smallest absolute Gasteiger partial charge is 0.307 e. The summed E-state index contributed by atoms with van der Waals surface area (Å²) in [6.07, 6.45) is 6.64. The molecule has 5 nitrogen and oxygen atoms in total. The van der Waals surface area contributed by atoms with Crippen molar-refractivity contribution in [3.05, 3.63) is 25.0 Å². The highest BCUT2D eigenvalue weighted by Crippen LogP contribution is 2.25. The number of amides is 1. The van der Waals surface area contributed by atoms with Gasteiger partial charge >= 0.3 is 5.97 Å². The first-order chi connectivity index (χ1) is 8.66. The first-order valence-corrected chi connectivity index (χ1v) is 6.05. The lowest BCUT2D eigenvalue weighted by molar-refractivity contribution is -0.147. The number of carboxylic acid groups (broad SMARTS) is 1. The van der Waals surface area contributed by atoms with E-state index in [2.05, 4.69) is 11.9 Å². The Morgan fingerprint density at radius 2 is 2.06 bits per heavy atom. The van der Waals surface area contributed by atoms with E-state index in [9.17, 15) is 9.59 Å². The molecule has 0 aromatic carbocycles. The van der Waals surface area contributed by atoms with Crippen LogP contribution in [0.1, 0.15) is 19.3 Å². The van der Waals surface area contributed by atoms with Crippen molar-refractivity contribution in [3.63, 3.8) is 0 Å². The second-order valence-corrected chi connectivity index (χ2v) is 4.18. The molecule has 0 radical (unpaired) electrons. The molecule has 5 heteroatoms. The monoisotopic (exact) mass is 253 g/mol. The molecule has 0 aromatic heterocycles. The summed E-state index contributed by atoms with van der Waals surface area (Å²) >= 11 is 0. The van der Waals surface area contributed by atoms with Crippen molar-refractivity contribution in [2.45, 2.75) is 19.3 Å². The molecule has 1 rings (SSSR count). The van der Waals surface area contributed by atoms with E-state index in [-0.39, 0.29) is 5.91 Å². The summed E-state index contributed by atoms with van der Waals surface area (Å²) in [4.78, 5) is 22.9. The predicted molar refractivity (Wildman–Crippen MR) is 66.8 cm³/mol. The molecular weight excluding hydrogens is 234 g/mol. The van der Waals surface area contributed by atoms with E-state index in [1.807, 2.05) is 12.2 Å². The number of rotatable bonds is 7. The van der Waals surface area contributed by atoms with Crippen LogP contribution < -0.4 is 5.32 Å². The number of hydrogen-bond acceptors (Lipinski definition) is 3. The van der Waals surface area contributed by atoms with Gasteiger partial charge in [-0.15, -0.1) is 0 Å². The van der Waals surface area contributed by atoms with Crippen LogP contribution in [0.5, 0.6) is 0 Å². The Morgan fingerprint density at radius 3 is 2.67 bits per heavy atom. The largest absolute Gasteiger partial charge is 0.502 e. The second-order valence-electron chi connectivity index (χ2n) is 4.18. The summed E-state index contributed by atoms with van der Waals surface area (Å²) < 4.78 is 4.93. The molecule has 0 heterocycles. The maximum absolute atomic E-state index is 11.9. The molecule has 2 unspecified atom stereocenters. The fraction of sp³-hybridized carbons (Fsp3) is 0.538. The predicted octanol–water partition coefficient (Wildman–Crippen LogP) is 1.32. The Balaban J connectivity index is 2.37. The SMILES string of the molecule is C=COCCCNC(=O)C1CC=CCC1C(=O)O. The lowest BCUT2D eigenvalue weighted by Gasteiger charge is -2.24. The van der Waals surface area contributed by atoms with Crippen molar-refractivity contribution >= 4 is 11.9 Å². The molecule has 0 spiro atoms. The minimum atomic E-state index is -0.908. The van der Waals surface area contributed by atoms with Crippen LogP contribution in [0.2, 0.25) is 0 Å². The highest BCUT2D eigenvalue weighted by molar-refractivity contribution is 5.85. The van der Waals surface area contributed by atoms with Crippen LogP contribution in [0.15, 0.2) is 25.0 Å². The third-order valence-corrected chi connectivity index (χ3v) is 2.94. The third kappa shape index (κ3) is 4.24. The molecular formula is C13H19NO4. The average Bonchev–Trinajstić information content (AvgIpc) is 2.38. The van der Waals surface area contributed by atoms with Crippen molar-refractivity contribution < 1.29 is 19.4 Å². The lowest BCUT2D eigenvalue weighted by atomic mass is 9.82. The van der Waals surface area contributed by atoms with Crippen molar-refractivity contribution in [3.8, 4) is 0 Å². The number of hydrogen-bond donors (Lipinski definition) is 2. The fourth-order valence-corrected chi connectivity index (χ4v) is 1.96. The molecule has 1 amide bonds. The summed E-state index contributed by atoms with van der Waals surface area (Å²) in [6, 6.07) is 0. The molecule has 1 aliphatic carbocycles. The van der Waals surface area contributed by atoms with Gasteiger partial charge in [-0.3, -0.25) is 9.59 Å². The minimum absolute atomic E-state index is 0.189. The zero-order chi connectivity index (χ0) is 13.4. The summed E-state index contributed by atoms with van der Waals surface area (Å²) in [5.74, 6) is -2.17. The van der Waals surface area contributed by atoms with Gasteiger partial charge < -0.3 is 15.2 Å². The molecule has 100 valence electrons. The molecule has 0 aliphatic heterocycles. The standard InChI is InChI=1S/C13H19NO4/c1-2-18-9-5-8-14-12(15)10-6-3-4-7-11(10)13(16)17/h2-4,10-11H,1,5-9H2,(H,14,15)(H,16,17). The Morgan fingerprint density at radius 1 is 1.39 bits per heavy atom. The molecule has 0 bridgehead atoms. The van der Waals surface area contributed by atoms with E-state index >= 15 is 0 Å². The Hall–Kier alpha value is -1.78.